The molecule has 0 radical (unpaired) electrons. The lowest BCUT2D eigenvalue weighted by Crippen LogP contribution is -2.42. The predicted octanol–water partition coefficient (Wildman–Crippen LogP) is 3.67. The summed E-state index contributed by atoms with van der Waals surface area (Å²) < 4.78 is 6.26. The zero-order valence-corrected chi connectivity index (χ0v) is 13.3. The molecular formula is C19H24N2O. The molecule has 0 fully saturated rings. The Labute approximate surface area is 132 Å². The van der Waals surface area contributed by atoms with Gasteiger partial charge in [-0.2, -0.15) is 0 Å². The van der Waals surface area contributed by atoms with E-state index in [9.17, 15) is 0 Å². The lowest BCUT2D eigenvalue weighted by molar-refractivity contribution is 0.196. The van der Waals surface area contributed by atoms with Crippen molar-refractivity contribution < 1.29 is 4.74 Å². The fourth-order valence-electron chi connectivity index (χ4n) is 2.89. The van der Waals surface area contributed by atoms with Gasteiger partial charge in [-0.3, -0.25) is 0 Å². The highest BCUT2D eigenvalue weighted by Gasteiger charge is 2.27. The van der Waals surface area contributed by atoms with Crippen molar-refractivity contribution in [2.75, 3.05) is 18.0 Å². The molecule has 0 spiro atoms. The number of anilines is 1. The maximum atomic E-state index is 6.26. The van der Waals surface area contributed by atoms with Crippen molar-refractivity contribution in [3.8, 4) is 5.75 Å². The molecule has 2 aromatic carbocycles. The lowest BCUT2D eigenvalue weighted by atomic mass is 10.0. The van der Waals surface area contributed by atoms with Crippen LogP contribution in [0, 0.1) is 6.92 Å². The Hall–Kier alpha value is -2.00. The highest BCUT2D eigenvalue weighted by molar-refractivity contribution is 5.61. The molecule has 0 saturated carbocycles. The van der Waals surface area contributed by atoms with E-state index in [2.05, 4.69) is 61.2 Å². The Balaban J connectivity index is 1.92. The molecule has 1 aliphatic heterocycles. The van der Waals surface area contributed by atoms with Gasteiger partial charge in [-0.05, 0) is 36.6 Å². The molecule has 1 heterocycles. The third-order valence-corrected chi connectivity index (χ3v) is 4.26. The van der Waals surface area contributed by atoms with Gasteiger partial charge < -0.3 is 15.4 Å². The highest BCUT2D eigenvalue weighted by Crippen LogP contribution is 2.38. The first-order valence-corrected chi connectivity index (χ1v) is 8.00. The molecular weight excluding hydrogens is 272 g/mol. The van der Waals surface area contributed by atoms with Crippen molar-refractivity contribution in [2.24, 2.45) is 5.73 Å². The van der Waals surface area contributed by atoms with E-state index < -0.39 is 0 Å². The quantitative estimate of drug-likeness (QED) is 0.935. The number of benzene rings is 2. The van der Waals surface area contributed by atoms with Crippen LogP contribution in [0.3, 0.4) is 0 Å². The van der Waals surface area contributed by atoms with E-state index in [1.165, 1.54) is 11.1 Å². The van der Waals surface area contributed by atoms with E-state index in [1.54, 1.807) is 0 Å². The third kappa shape index (κ3) is 3.09. The summed E-state index contributed by atoms with van der Waals surface area (Å²) >= 11 is 0. The van der Waals surface area contributed by atoms with E-state index in [0.29, 0.717) is 0 Å². The lowest BCUT2D eigenvalue weighted by Gasteiger charge is -2.38. The molecule has 3 rings (SSSR count). The molecule has 0 amide bonds. The molecule has 116 valence electrons. The van der Waals surface area contributed by atoms with Gasteiger partial charge in [0, 0.05) is 12.6 Å². The molecule has 1 aliphatic rings. The van der Waals surface area contributed by atoms with Crippen molar-refractivity contribution in [3.63, 3.8) is 0 Å². The molecule has 3 heteroatoms. The Morgan fingerprint density at radius 2 is 2.00 bits per heavy atom. The van der Waals surface area contributed by atoms with Gasteiger partial charge >= 0.3 is 0 Å². The minimum absolute atomic E-state index is 0.0551. The zero-order valence-electron chi connectivity index (χ0n) is 13.3. The summed E-state index contributed by atoms with van der Waals surface area (Å²) in [7, 11) is 0. The Morgan fingerprint density at radius 1 is 1.23 bits per heavy atom. The fourth-order valence-corrected chi connectivity index (χ4v) is 2.89. The molecule has 3 nitrogen and oxygen atoms in total. The molecule has 22 heavy (non-hydrogen) atoms. The monoisotopic (exact) mass is 296 g/mol. The van der Waals surface area contributed by atoms with Crippen LogP contribution in [0.25, 0.3) is 0 Å². The second-order valence-corrected chi connectivity index (χ2v) is 6.06. The molecule has 2 atom stereocenters. The summed E-state index contributed by atoms with van der Waals surface area (Å²) in [6.07, 6.45) is 1.04. The van der Waals surface area contributed by atoms with Gasteiger partial charge in [0.1, 0.15) is 11.9 Å². The van der Waals surface area contributed by atoms with Gasteiger partial charge in [0.2, 0.25) is 0 Å². The number of hydrogen-bond donors (Lipinski definition) is 1. The number of rotatable bonds is 4. The summed E-state index contributed by atoms with van der Waals surface area (Å²) in [5.74, 6) is 0.961. The molecule has 0 aromatic heterocycles. The van der Waals surface area contributed by atoms with Crippen molar-refractivity contribution >= 4 is 5.69 Å². The van der Waals surface area contributed by atoms with Crippen LogP contribution in [0.5, 0.6) is 5.75 Å². The summed E-state index contributed by atoms with van der Waals surface area (Å²) in [6.45, 7) is 5.93. The van der Waals surface area contributed by atoms with Gasteiger partial charge in [-0.15, -0.1) is 0 Å². The van der Waals surface area contributed by atoms with Crippen LogP contribution in [-0.2, 0) is 0 Å². The Morgan fingerprint density at radius 3 is 2.73 bits per heavy atom. The van der Waals surface area contributed by atoms with Gasteiger partial charge in [0.15, 0.2) is 0 Å². The van der Waals surface area contributed by atoms with Crippen LogP contribution in [0.15, 0.2) is 48.5 Å². The molecule has 0 bridgehead atoms. The minimum Gasteiger partial charge on any atom is -0.482 e. The molecule has 2 aromatic rings. The van der Waals surface area contributed by atoms with Crippen LogP contribution < -0.4 is 15.4 Å². The van der Waals surface area contributed by atoms with Gasteiger partial charge in [-0.1, -0.05) is 43.3 Å². The number of aryl methyl sites for hydroxylation is 1. The van der Waals surface area contributed by atoms with Crippen LogP contribution in [0.4, 0.5) is 5.69 Å². The van der Waals surface area contributed by atoms with Crippen LogP contribution in [-0.4, -0.2) is 19.1 Å². The van der Waals surface area contributed by atoms with Crippen molar-refractivity contribution in [1.82, 2.24) is 0 Å². The fraction of sp³-hybridized carbons (Fsp3) is 0.368. The summed E-state index contributed by atoms with van der Waals surface area (Å²) in [5, 5.41) is 0. The van der Waals surface area contributed by atoms with Crippen LogP contribution >= 0.6 is 0 Å². The number of nitrogens with two attached hydrogens (primary N) is 1. The van der Waals surface area contributed by atoms with E-state index >= 15 is 0 Å². The highest BCUT2D eigenvalue weighted by atomic mass is 16.5. The average molecular weight is 296 g/mol. The topological polar surface area (TPSA) is 38.5 Å². The molecule has 2 unspecified atom stereocenters. The van der Waals surface area contributed by atoms with Crippen molar-refractivity contribution in [3.05, 3.63) is 59.7 Å². The first-order chi connectivity index (χ1) is 10.7. The van der Waals surface area contributed by atoms with Gasteiger partial charge in [0.25, 0.3) is 0 Å². The third-order valence-electron chi connectivity index (χ3n) is 4.26. The number of ether oxygens (including phenoxy) is 1. The van der Waals surface area contributed by atoms with Crippen LogP contribution in [0.2, 0.25) is 0 Å². The average Bonchev–Trinajstić information content (AvgIpc) is 2.55. The van der Waals surface area contributed by atoms with Crippen molar-refractivity contribution in [2.45, 2.75) is 32.4 Å². The molecule has 0 saturated heterocycles. The second-order valence-electron chi connectivity index (χ2n) is 6.06. The number of hydrogen-bond acceptors (Lipinski definition) is 3. The second kappa shape index (κ2) is 6.41. The minimum atomic E-state index is 0.0551. The summed E-state index contributed by atoms with van der Waals surface area (Å²) in [6, 6.07) is 17.0. The maximum Gasteiger partial charge on any atom is 0.143 e. The Kier molecular flexibility index (Phi) is 4.34. The first-order valence-electron chi connectivity index (χ1n) is 8.00. The van der Waals surface area contributed by atoms with Crippen LogP contribution in [0.1, 0.15) is 30.6 Å². The van der Waals surface area contributed by atoms with Gasteiger partial charge in [0.05, 0.1) is 12.2 Å². The van der Waals surface area contributed by atoms with E-state index in [0.717, 1.165) is 30.9 Å². The summed E-state index contributed by atoms with van der Waals surface area (Å²) in [5.41, 5.74) is 9.77. The van der Waals surface area contributed by atoms with E-state index in [1.807, 2.05) is 6.07 Å². The van der Waals surface area contributed by atoms with Crippen molar-refractivity contribution in [1.29, 1.82) is 0 Å². The number of fused-ring (bicyclic) bond motifs is 1. The predicted molar refractivity (Wildman–Crippen MR) is 91.5 cm³/mol. The summed E-state index contributed by atoms with van der Waals surface area (Å²) in [4.78, 5) is 2.37. The largest absolute Gasteiger partial charge is 0.482 e. The molecule has 2 N–H and O–H groups in total. The number of nitrogens with zero attached hydrogens (tertiary/aromatic N) is 1. The maximum absolute atomic E-state index is 6.26. The zero-order chi connectivity index (χ0) is 15.5. The normalized spacial score (nSPS) is 18.5. The molecule has 0 aliphatic carbocycles. The Bertz CT molecular complexity index is 627. The van der Waals surface area contributed by atoms with Gasteiger partial charge in [-0.25, -0.2) is 0 Å². The first kappa shape index (κ1) is 14.9. The smallest absolute Gasteiger partial charge is 0.143 e. The SMILES string of the molecule is CCC(N)CN1CC(c2ccccc2)Oc2cc(C)ccc21. The standard InChI is InChI=1S/C19H24N2O/c1-3-16(20)12-21-13-19(15-7-5-4-6-8-15)22-18-11-14(2)9-10-17(18)21/h4-11,16,19H,3,12-13,20H2,1-2H3. The van der Waals surface area contributed by atoms with E-state index in [4.69, 9.17) is 10.5 Å². The van der Waals surface area contributed by atoms with E-state index in [-0.39, 0.29) is 12.1 Å².